The van der Waals surface area contributed by atoms with Gasteiger partial charge in [0.2, 0.25) is 11.9 Å². The number of tetrazole rings is 1. The number of carbonyl (C=O) groups is 2. The van der Waals surface area contributed by atoms with Crippen molar-refractivity contribution in [3.8, 4) is 22.5 Å². The number of carboxylic acids is 1. The Morgan fingerprint density at radius 3 is 2.53 bits per heavy atom. The van der Waals surface area contributed by atoms with E-state index in [0.29, 0.717) is 24.5 Å². The minimum Gasteiger partial charge on any atom is -0.480 e. The molecule has 2 aromatic carbocycles. The number of nitrogens with one attached hydrogen (secondary N) is 2. The average molecular weight is 538 g/mol. The first-order valence-corrected chi connectivity index (χ1v) is 12.5. The van der Waals surface area contributed by atoms with Crippen LogP contribution in [0.25, 0.3) is 22.5 Å². The summed E-state index contributed by atoms with van der Waals surface area (Å²) in [6, 6.07) is 14.4. The van der Waals surface area contributed by atoms with Crippen LogP contribution in [0.5, 0.6) is 0 Å². The van der Waals surface area contributed by atoms with E-state index < -0.39 is 18.0 Å². The standard InChI is InChI=1S/C26H28ClN7O4/c1-3-4-9-21-29-23(27)20(15-38-26(37)22(28-2)25(35)36)34(21)14-16-10-12-17(13-11-16)18-7-5-6-8-19(18)24-30-32-33-31-24/h5-8,10-13,22,28H,3-4,9,14-15H2,1-2H3,(H,35,36)(H,30,31,32,33)/t22-/m0/s1. The zero-order valence-electron chi connectivity index (χ0n) is 21.0. The highest BCUT2D eigenvalue weighted by Gasteiger charge is 2.27. The van der Waals surface area contributed by atoms with Gasteiger partial charge in [-0.25, -0.2) is 14.6 Å². The molecule has 0 saturated carbocycles. The number of carbonyl (C=O) groups excluding carboxylic acids is 1. The molecule has 11 nitrogen and oxygen atoms in total. The Bertz CT molecular complexity index is 1390. The van der Waals surface area contributed by atoms with Crippen molar-refractivity contribution < 1.29 is 19.4 Å². The van der Waals surface area contributed by atoms with Crippen LogP contribution in [-0.4, -0.2) is 60.3 Å². The number of aromatic amines is 1. The van der Waals surface area contributed by atoms with E-state index in [1.54, 1.807) is 0 Å². The smallest absolute Gasteiger partial charge is 0.335 e. The molecule has 0 aliphatic carbocycles. The van der Waals surface area contributed by atoms with Gasteiger partial charge in [-0.1, -0.05) is 73.5 Å². The van der Waals surface area contributed by atoms with E-state index in [-0.39, 0.29) is 11.8 Å². The van der Waals surface area contributed by atoms with Crippen LogP contribution in [0.3, 0.4) is 0 Å². The van der Waals surface area contributed by atoms with E-state index in [0.717, 1.165) is 40.9 Å². The lowest BCUT2D eigenvalue weighted by molar-refractivity contribution is -0.155. The number of esters is 1. The van der Waals surface area contributed by atoms with Crippen molar-refractivity contribution in [3.63, 3.8) is 0 Å². The third-order valence-electron chi connectivity index (χ3n) is 6.10. The van der Waals surface area contributed by atoms with Crippen molar-refractivity contribution in [2.75, 3.05) is 7.05 Å². The maximum Gasteiger partial charge on any atom is 0.335 e. The quantitative estimate of drug-likeness (QED) is 0.182. The van der Waals surface area contributed by atoms with Gasteiger partial charge in [-0.2, -0.15) is 5.21 Å². The van der Waals surface area contributed by atoms with Crippen LogP contribution in [0.2, 0.25) is 5.15 Å². The highest BCUT2D eigenvalue weighted by molar-refractivity contribution is 6.30. The number of carboxylic acid groups (broad SMARTS) is 1. The first kappa shape index (κ1) is 27.0. The number of likely N-dealkylation sites (N-methyl/N-ethyl adjacent to an activating group) is 1. The molecule has 1 atom stereocenters. The predicted molar refractivity (Wildman–Crippen MR) is 140 cm³/mol. The molecule has 12 heteroatoms. The number of halogens is 1. The summed E-state index contributed by atoms with van der Waals surface area (Å²) in [5.74, 6) is -0.927. The fourth-order valence-electron chi connectivity index (χ4n) is 4.10. The van der Waals surface area contributed by atoms with Crippen molar-refractivity contribution >= 4 is 23.5 Å². The second kappa shape index (κ2) is 12.4. The summed E-state index contributed by atoms with van der Waals surface area (Å²) >= 11 is 6.45. The van der Waals surface area contributed by atoms with Crippen LogP contribution in [0, 0.1) is 0 Å². The molecular formula is C26H28ClN7O4. The number of hydrogen-bond acceptors (Lipinski definition) is 8. The summed E-state index contributed by atoms with van der Waals surface area (Å²) in [5, 5.41) is 26.2. The number of rotatable bonds is 12. The zero-order valence-corrected chi connectivity index (χ0v) is 21.8. The Hall–Kier alpha value is -4.09. The molecule has 198 valence electrons. The summed E-state index contributed by atoms with van der Waals surface area (Å²) in [4.78, 5) is 28.1. The number of nitrogens with zero attached hydrogens (tertiary/aromatic N) is 5. The topological polar surface area (TPSA) is 148 Å². The molecule has 0 amide bonds. The van der Waals surface area contributed by atoms with Gasteiger partial charge in [0.1, 0.15) is 12.4 Å². The second-order valence-corrected chi connectivity index (χ2v) is 8.96. The Morgan fingerprint density at radius 1 is 1.16 bits per heavy atom. The molecule has 2 aromatic heterocycles. The number of hydrogen-bond donors (Lipinski definition) is 3. The summed E-state index contributed by atoms with van der Waals surface area (Å²) in [5.41, 5.74) is 4.33. The monoisotopic (exact) mass is 537 g/mol. The number of imidazole rings is 1. The fourth-order valence-corrected chi connectivity index (χ4v) is 4.35. The van der Waals surface area contributed by atoms with Crippen molar-refractivity contribution in [3.05, 3.63) is 70.8 Å². The van der Waals surface area contributed by atoms with E-state index >= 15 is 0 Å². The first-order chi connectivity index (χ1) is 18.4. The number of benzene rings is 2. The highest BCUT2D eigenvalue weighted by atomic mass is 35.5. The Balaban J connectivity index is 1.59. The van der Waals surface area contributed by atoms with Gasteiger partial charge in [0.15, 0.2) is 5.15 Å². The SMILES string of the molecule is CCCCc1nc(Cl)c(COC(=O)[C@@H](NC)C(=O)O)n1Cc1ccc(-c2ccccc2-c2nn[nH]n2)cc1. The van der Waals surface area contributed by atoms with Crippen LogP contribution in [0.15, 0.2) is 48.5 Å². The molecule has 0 bridgehead atoms. The fraction of sp³-hybridized carbons (Fsp3) is 0.308. The lowest BCUT2D eigenvalue weighted by atomic mass is 9.98. The Kier molecular flexibility index (Phi) is 8.82. The molecule has 0 fully saturated rings. The first-order valence-electron chi connectivity index (χ1n) is 12.2. The maximum atomic E-state index is 12.3. The third-order valence-corrected chi connectivity index (χ3v) is 6.40. The van der Waals surface area contributed by atoms with Gasteiger partial charge in [-0.15, -0.1) is 10.2 Å². The molecule has 0 aliphatic rings. The molecule has 0 saturated heterocycles. The molecule has 3 N–H and O–H groups in total. The molecular weight excluding hydrogens is 510 g/mol. The highest BCUT2D eigenvalue weighted by Crippen LogP contribution is 2.30. The molecule has 0 radical (unpaired) electrons. The molecule has 2 heterocycles. The summed E-state index contributed by atoms with van der Waals surface area (Å²) < 4.78 is 7.23. The van der Waals surface area contributed by atoms with Crippen LogP contribution in [-0.2, 0) is 33.9 Å². The van der Waals surface area contributed by atoms with Gasteiger partial charge in [0.25, 0.3) is 0 Å². The summed E-state index contributed by atoms with van der Waals surface area (Å²) in [7, 11) is 1.38. The van der Waals surface area contributed by atoms with E-state index in [2.05, 4.69) is 37.8 Å². The van der Waals surface area contributed by atoms with Crippen LogP contribution in [0.4, 0.5) is 0 Å². The second-order valence-electron chi connectivity index (χ2n) is 8.60. The molecule has 4 aromatic rings. The minimum atomic E-state index is -1.47. The average Bonchev–Trinajstić information content (AvgIpc) is 3.55. The van der Waals surface area contributed by atoms with Crippen LogP contribution >= 0.6 is 11.6 Å². The van der Waals surface area contributed by atoms with Crippen molar-refractivity contribution in [1.82, 2.24) is 35.5 Å². The van der Waals surface area contributed by atoms with E-state index in [1.165, 1.54) is 7.05 Å². The zero-order chi connectivity index (χ0) is 27.1. The van der Waals surface area contributed by atoms with Crippen molar-refractivity contribution in [1.29, 1.82) is 0 Å². The summed E-state index contributed by atoms with van der Waals surface area (Å²) in [6.07, 6.45) is 2.60. The van der Waals surface area contributed by atoms with Crippen molar-refractivity contribution in [2.24, 2.45) is 0 Å². The van der Waals surface area contributed by atoms with Crippen molar-refractivity contribution in [2.45, 2.75) is 45.4 Å². The molecule has 38 heavy (non-hydrogen) atoms. The van der Waals surface area contributed by atoms with E-state index in [4.69, 9.17) is 16.3 Å². The molecule has 0 aliphatic heterocycles. The Labute approximate surface area is 224 Å². The van der Waals surface area contributed by atoms with E-state index in [9.17, 15) is 14.7 Å². The largest absolute Gasteiger partial charge is 0.480 e. The number of H-pyrrole nitrogens is 1. The normalized spacial score (nSPS) is 11.9. The van der Waals surface area contributed by atoms with Gasteiger partial charge in [-0.05, 0) is 35.4 Å². The number of aromatic nitrogens is 6. The third kappa shape index (κ3) is 6.06. The predicted octanol–water partition coefficient (Wildman–Crippen LogP) is 3.49. The lowest BCUT2D eigenvalue weighted by Gasteiger charge is -2.15. The summed E-state index contributed by atoms with van der Waals surface area (Å²) in [6.45, 7) is 2.34. The molecule has 0 spiro atoms. The minimum absolute atomic E-state index is 0.196. The number of aliphatic carboxylic acids is 1. The number of unbranched alkanes of at least 4 members (excludes halogenated alkanes) is 1. The lowest BCUT2D eigenvalue weighted by Crippen LogP contribution is -2.42. The van der Waals surface area contributed by atoms with Gasteiger partial charge in [-0.3, -0.25) is 5.32 Å². The van der Waals surface area contributed by atoms with E-state index in [1.807, 2.05) is 53.1 Å². The molecule has 4 rings (SSSR count). The maximum absolute atomic E-state index is 12.3. The Morgan fingerprint density at radius 2 is 1.89 bits per heavy atom. The number of aryl methyl sites for hydroxylation is 1. The number of ether oxygens (including phenoxy) is 1. The van der Waals surface area contributed by atoms with Crippen LogP contribution in [0.1, 0.15) is 36.8 Å². The van der Waals surface area contributed by atoms with Gasteiger partial charge in [0, 0.05) is 18.5 Å². The van der Waals surface area contributed by atoms with Gasteiger partial charge in [0.05, 0.1) is 5.69 Å². The van der Waals surface area contributed by atoms with Gasteiger partial charge < -0.3 is 14.4 Å². The molecule has 0 unspecified atom stereocenters. The van der Waals surface area contributed by atoms with Crippen LogP contribution < -0.4 is 5.32 Å². The van der Waals surface area contributed by atoms with Gasteiger partial charge >= 0.3 is 11.9 Å².